The fourth-order valence-electron chi connectivity index (χ4n) is 3.04. The molecular formula is C17H30N4O. The molecule has 0 aliphatic heterocycles. The smallest absolute Gasteiger partial charge is 0.137 e. The topological polar surface area (TPSA) is 56.7 Å². The van der Waals surface area contributed by atoms with Crippen molar-refractivity contribution in [2.75, 3.05) is 0 Å². The number of rotatable bonds is 0. The highest BCUT2D eigenvalue weighted by atomic mass is 16.5. The maximum Gasteiger partial charge on any atom is 0.137 e. The van der Waals surface area contributed by atoms with Gasteiger partial charge in [0.25, 0.3) is 0 Å². The van der Waals surface area contributed by atoms with Crippen LogP contribution in [0.15, 0.2) is 4.52 Å². The predicted molar refractivity (Wildman–Crippen MR) is 89.1 cm³/mol. The Labute approximate surface area is 134 Å². The zero-order valence-electron chi connectivity index (χ0n) is 15.7. The van der Waals surface area contributed by atoms with Crippen molar-refractivity contribution in [2.45, 2.75) is 73.1 Å². The lowest BCUT2D eigenvalue weighted by Gasteiger charge is -2.18. The van der Waals surface area contributed by atoms with Gasteiger partial charge in [-0.15, -0.1) is 5.10 Å². The van der Waals surface area contributed by atoms with Crippen LogP contribution in [0.1, 0.15) is 69.9 Å². The fourth-order valence-corrected chi connectivity index (χ4v) is 3.04. The Morgan fingerprint density at radius 1 is 0.864 bits per heavy atom. The molecular weight excluding hydrogens is 276 g/mol. The highest BCUT2D eigenvalue weighted by Gasteiger charge is 2.22. The molecule has 22 heavy (non-hydrogen) atoms. The van der Waals surface area contributed by atoms with E-state index in [0.29, 0.717) is 0 Å². The molecule has 0 aliphatic carbocycles. The molecule has 2 rings (SSSR count). The Kier molecular flexibility index (Phi) is 5.21. The van der Waals surface area contributed by atoms with Crippen LogP contribution >= 0.6 is 0 Å². The van der Waals surface area contributed by atoms with Gasteiger partial charge in [-0.25, -0.2) is 0 Å². The summed E-state index contributed by atoms with van der Waals surface area (Å²) in [5, 5.41) is 11.9. The van der Waals surface area contributed by atoms with Crippen molar-refractivity contribution in [1.29, 1.82) is 0 Å². The van der Waals surface area contributed by atoms with Crippen molar-refractivity contribution in [3.63, 3.8) is 0 Å². The average molecular weight is 306 g/mol. The van der Waals surface area contributed by atoms with Crippen LogP contribution in [-0.4, -0.2) is 20.2 Å². The van der Waals surface area contributed by atoms with Crippen LogP contribution < -0.4 is 0 Å². The Morgan fingerprint density at radius 2 is 1.41 bits per heavy atom. The SMILES string of the molecule is Cc1nnn(C)c1C(C)(C)C.Cc1noc(C)c1C(C)(C)C. The second-order valence-corrected chi connectivity index (χ2v) is 7.85. The summed E-state index contributed by atoms with van der Waals surface area (Å²) >= 11 is 0. The predicted octanol–water partition coefficient (Wildman–Crippen LogP) is 4.01. The number of hydrogen-bond acceptors (Lipinski definition) is 4. The number of aryl methyl sites for hydroxylation is 4. The second-order valence-electron chi connectivity index (χ2n) is 7.85. The van der Waals surface area contributed by atoms with Crippen molar-refractivity contribution < 1.29 is 4.52 Å². The van der Waals surface area contributed by atoms with Gasteiger partial charge in [-0.1, -0.05) is 51.9 Å². The van der Waals surface area contributed by atoms with Crippen LogP contribution in [0.5, 0.6) is 0 Å². The molecule has 0 saturated heterocycles. The molecule has 0 fully saturated rings. The summed E-state index contributed by atoms with van der Waals surface area (Å²) in [4.78, 5) is 0. The van der Waals surface area contributed by atoms with Crippen molar-refractivity contribution in [3.05, 3.63) is 28.4 Å². The molecule has 2 aromatic heterocycles. The van der Waals surface area contributed by atoms with E-state index < -0.39 is 0 Å². The molecule has 0 aromatic carbocycles. The summed E-state index contributed by atoms with van der Waals surface area (Å²) < 4.78 is 6.91. The molecule has 2 aromatic rings. The molecule has 5 nitrogen and oxygen atoms in total. The van der Waals surface area contributed by atoms with E-state index in [1.165, 1.54) is 11.3 Å². The van der Waals surface area contributed by atoms with E-state index in [4.69, 9.17) is 4.52 Å². The maximum atomic E-state index is 5.07. The third-order valence-electron chi connectivity index (χ3n) is 3.49. The fraction of sp³-hybridized carbons (Fsp3) is 0.706. The quantitative estimate of drug-likeness (QED) is 0.738. The summed E-state index contributed by atoms with van der Waals surface area (Å²) in [5.41, 5.74) is 4.77. The Morgan fingerprint density at radius 3 is 1.59 bits per heavy atom. The van der Waals surface area contributed by atoms with E-state index in [1.54, 1.807) is 0 Å². The number of aromatic nitrogens is 4. The van der Waals surface area contributed by atoms with E-state index in [-0.39, 0.29) is 10.8 Å². The van der Waals surface area contributed by atoms with Crippen LogP contribution in [0.4, 0.5) is 0 Å². The molecule has 0 radical (unpaired) electrons. The van der Waals surface area contributed by atoms with Gasteiger partial charge in [-0.05, 0) is 26.2 Å². The number of nitrogens with zero attached hydrogens (tertiary/aromatic N) is 4. The van der Waals surface area contributed by atoms with Crippen LogP contribution in [-0.2, 0) is 17.9 Å². The minimum absolute atomic E-state index is 0.141. The molecule has 0 saturated carbocycles. The van der Waals surface area contributed by atoms with Crippen molar-refractivity contribution in [1.82, 2.24) is 20.2 Å². The van der Waals surface area contributed by atoms with E-state index in [9.17, 15) is 0 Å². The maximum absolute atomic E-state index is 5.07. The second kappa shape index (κ2) is 6.23. The van der Waals surface area contributed by atoms with Gasteiger partial charge in [0.1, 0.15) is 5.76 Å². The largest absolute Gasteiger partial charge is 0.361 e. The lowest BCUT2D eigenvalue weighted by atomic mass is 9.86. The van der Waals surface area contributed by atoms with Crippen LogP contribution in [0.2, 0.25) is 0 Å². The number of hydrogen-bond donors (Lipinski definition) is 0. The summed E-state index contributed by atoms with van der Waals surface area (Å²) in [6.45, 7) is 18.9. The van der Waals surface area contributed by atoms with Gasteiger partial charge >= 0.3 is 0 Å². The Balaban J connectivity index is 0.000000220. The first kappa shape index (κ1) is 18.4. The summed E-state index contributed by atoms with van der Waals surface area (Å²) in [6.07, 6.45) is 0. The van der Waals surface area contributed by atoms with E-state index in [2.05, 4.69) is 57.0 Å². The summed E-state index contributed by atoms with van der Waals surface area (Å²) in [5.74, 6) is 0.940. The molecule has 5 heteroatoms. The van der Waals surface area contributed by atoms with Crippen molar-refractivity contribution >= 4 is 0 Å². The molecule has 0 amide bonds. The highest BCUT2D eigenvalue weighted by molar-refractivity contribution is 5.28. The molecule has 0 spiro atoms. The van der Waals surface area contributed by atoms with Gasteiger partial charge in [-0.2, -0.15) is 0 Å². The normalized spacial score (nSPS) is 12.1. The Hall–Kier alpha value is -1.65. The average Bonchev–Trinajstić information content (AvgIpc) is 2.81. The zero-order chi connectivity index (χ0) is 17.3. The monoisotopic (exact) mass is 306 g/mol. The summed E-state index contributed by atoms with van der Waals surface area (Å²) in [6, 6.07) is 0. The highest BCUT2D eigenvalue weighted by Crippen LogP contribution is 2.28. The third-order valence-corrected chi connectivity index (χ3v) is 3.49. The third kappa shape index (κ3) is 4.18. The van der Waals surface area contributed by atoms with E-state index >= 15 is 0 Å². The molecule has 0 bridgehead atoms. The minimum atomic E-state index is 0.141. The van der Waals surface area contributed by atoms with Gasteiger partial charge in [0.05, 0.1) is 17.1 Å². The van der Waals surface area contributed by atoms with Crippen molar-refractivity contribution in [2.24, 2.45) is 7.05 Å². The van der Waals surface area contributed by atoms with E-state index in [0.717, 1.165) is 17.1 Å². The van der Waals surface area contributed by atoms with Crippen LogP contribution in [0.25, 0.3) is 0 Å². The first-order chi connectivity index (χ1) is 9.85. The van der Waals surface area contributed by atoms with Gasteiger partial charge in [0.2, 0.25) is 0 Å². The van der Waals surface area contributed by atoms with Gasteiger partial charge in [0.15, 0.2) is 0 Å². The molecule has 0 N–H and O–H groups in total. The van der Waals surface area contributed by atoms with Gasteiger partial charge in [0, 0.05) is 18.0 Å². The first-order valence-corrected chi connectivity index (χ1v) is 7.65. The van der Waals surface area contributed by atoms with Crippen LogP contribution in [0.3, 0.4) is 0 Å². The molecule has 2 heterocycles. The zero-order valence-corrected chi connectivity index (χ0v) is 15.7. The molecule has 0 aliphatic rings. The lowest BCUT2D eigenvalue weighted by molar-refractivity contribution is 0.389. The van der Waals surface area contributed by atoms with Gasteiger partial charge in [-0.3, -0.25) is 4.68 Å². The Bertz CT molecular complexity index is 529. The summed E-state index contributed by atoms with van der Waals surface area (Å²) in [7, 11) is 1.93. The lowest BCUT2D eigenvalue weighted by Crippen LogP contribution is -2.17. The minimum Gasteiger partial charge on any atom is -0.361 e. The van der Waals surface area contributed by atoms with E-state index in [1.807, 2.05) is 32.5 Å². The van der Waals surface area contributed by atoms with Crippen LogP contribution in [0, 0.1) is 20.8 Å². The molecule has 124 valence electrons. The molecule has 0 atom stereocenters. The molecule has 0 unspecified atom stereocenters. The van der Waals surface area contributed by atoms with Crippen molar-refractivity contribution in [3.8, 4) is 0 Å². The standard InChI is InChI=1S/C9H15NO.C8H15N3/c1-6-8(9(3,4)5)7(2)11-10-6;1-6-7(8(2,3)4)11(5)10-9-6/h2*1-5H3. The van der Waals surface area contributed by atoms with Gasteiger partial charge < -0.3 is 4.52 Å². The first-order valence-electron chi connectivity index (χ1n) is 7.65.